The van der Waals surface area contributed by atoms with E-state index in [-0.39, 0.29) is 0 Å². The second-order valence-electron chi connectivity index (χ2n) is 2.99. The Morgan fingerprint density at radius 2 is 1.62 bits per heavy atom. The summed E-state index contributed by atoms with van der Waals surface area (Å²) in [6, 6.07) is 0. The van der Waals surface area contributed by atoms with Crippen molar-refractivity contribution in [2.75, 3.05) is 19.8 Å². The second-order valence-corrected chi connectivity index (χ2v) is 5.54. The third-order valence-corrected chi connectivity index (χ3v) is 4.74. The molecule has 0 bridgehead atoms. The minimum Gasteiger partial charge on any atom is -0.373 e. The fourth-order valence-corrected chi connectivity index (χ4v) is 3.76. The van der Waals surface area contributed by atoms with Gasteiger partial charge >= 0.3 is 8.80 Å². The Labute approximate surface area is 96.1 Å². The lowest BCUT2D eigenvalue weighted by atomic mass is 10.9. The van der Waals surface area contributed by atoms with Crippen molar-refractivity contribution >= 4 is 8.80 Å². The van der Waals surface area contributed by atoms with Gasteiger partial charge in [-0.1, -0.05) is 0 Å². The number of hydrogen-bond acceptors (Lipinski definition) is 6. The maximum Gasteiger partial charge on any atom is 0.523 e. The Bertz CT molecular complexity index is 266. The highest BCUT2D eigenvalue weighted by Crippen LogP contribution is 2.12. The standard InChI is InChI=1S/C8H18N4O3Si/c1-4-13-16(14-5-2,15-6-3)8-12-7-9-10-11-12/h7H,4-6,8H2,1-3H3. The number of nitrogens with zero attached hydrogens (tertiary/aromatic N) is 4. The van der Waals surface area contributed by atoms with Crippen molar-refractivity contribution in [2.24, 2.45) is 0 Å². The van der Waals surface area contributed by atoms with Gasteiger partial charge in [0.05, 0.1) is 0 Å². The molecule has 0 saturated carbocycles. The molecule has 0 N–H and O–H groups in total. The Kier molecular flexibility index (Phi) is 5.53. The molecule has 7 nitrogen and oxygen atoms in total. The summed E-state index contributed by atoms with van der Waals surface area (Å²) in [4.78, 5) is 0. The number of hydrogen-bond donors (Lipinski definition) is 0. The summed E-state index contributed by atoms with van der Waals surface area (Å²) in [7, 11) is -2.68. The summed E-state index contributed by atoms with van der Waals surface area (Å²) >= 11 is 0. The van der Waals surface area contributed by atoms with Gasteiger partial charge in [0.25, 0.3) is 0 Å². The van der Waals surface area contributed by atoms with E-state index in [1.807, 2.05) is 20.8 Å². The number of rotatable bonds is 8. The van der Waals surface area contributed by atoms with Crippen LogP contribution < -0.4 is 0 Å². The topological polar surface area (TPSA) is 71.3 Å². The van der Waals surface area contributed by atoms with Crippen molar-refractivity contribution in [1.82, 2.24) is 20.2 Å². The van der Waals surface area contributed by atoms with Crippen LogP contribution in [0.15, 0.2) is 6.33 Å². The quantitative estimate of drug-likeness (QED) is 0.613. The second kappa shape index (κ2) is 6.69. The first-order valence-corrected chi connectivity index (χ1v) is 7.32. The van der Waals surface area contributed by atoms with E-state index in [1.165, 1.54) is 6.33 Å². The van der Waals surface area contributed by atoms with Gasteiger partial charge in [-0.2, -0.15) is 0 Å². The van der Waals surface area contributed by atoms with E-state index >= 15 is 0 Å². The van der Waals surface area contributed by atoms with Crippen molar-refractivity contribution in [3.63, 3.8) is 0 Å². The van der Waals surface area contributed by atoms with Gasteiger partial charge in [-0.15, -0.1) is 5.10 Å². The normalized spacial score (nSPS) is 11.9. The maximum atomic E-state index is 5.66. The van der Waals surface area contributed by atoms with Crippen LogP contribution in [0.3, 0.4) is 0 Å². The molecule has 0 fully saturated rings. The molecule has 0 spiro atoms. The molecule has 0 saturated heterocycles. The molecule has 0 amide bonds. The molecule has 0 aliphatic heterocycles. The highest BCUT2D eigenvalue weighted by atomic mass is 28.4. The summed E-state index contributed by atoms with van der Waals surface area (Å²) < 4.78 is 18.6. The van der Waals surface area contributed by atoms with Crippen LogP contribution >= 0.6 is 0 Å². The fourth-order valence-electron chi connectivity index (χ4n) is 1.37. The van der Waals surface area contributed by atoms with Gasteiger partial charge in [-0.05, 0) is 31.2 Å². The summed E-state index contributed by atoms with van der Waals surface area (Å²) in [6.07, 6.45) is 1.97. The van der Waals surface area contributed by atoms with Gasteiger partial charge in [0.15, 0.2) is 0 Å². The van der Waals surface area contributed by atoms with Gasteiger partial charge in [-0.25, -0.2) is 4.68 Å². The van der Waals surface area contributed by atoms with Crippen molar-refractivity contribution in [3.8, 4) is 0 Å². The first-order valence-electron chi connectivity index (χ1n) is 5.39. The summed E-state index contributed by atoms with van der Waals surface area (Å²) in [5.74, 6) is 0. The van der Waals surface area contributed by atoms with E-state index in [4.69, 9.17) is 13.3 Å². The Balaban J connectivity index is 2.73. The third kappa shape index (κ3) is 3.63. The largest absolute Gasteiger partial charge is 0.523 e. The van der Waals surface area contributed by atoms with Gasteiger partial charge in [0, 0.05) is 19.8 Å². The molecule has 8 heteroatoms. The molecule has 0 radical (unpaired) electrons. The summed E-state index contributed by atoms with van der Waals surface area (Å²) in [5, 5.41) is 10.9. The maximum absolute atomic E-state index is 5.66. The van der Waals surface area contributed by atoms with E-state index in [2.05, 4.69) is 15.5 Å². The zero-order valence-electron chi connectivity index (χ0n) is 9.92. The Morgan fingerprint density at radius 3 is 2.00 bits per heavy atom. The van der Waals surface area contributed by atoms with Crippen LogP contribution in [0.25, 0.3) is 0 Å². The van der Waals surface area contributed by atoms with Crippen LogP contribution in [0.4, 0.5) is 0 Å². The highest BCUT2D eigenvalue weighted by Gasteiger charge is 2.41. The van der Waals surface area contributed by atoms with Gasteiger partial charge in [0.2, 0.25) is 0 Å². The van der Waals surface area contributed by atoms with Crippen molar-refractivity contribution in [3.05, 3.63) is 6.33 Å². The van der Waals surface area contributed by atoms with Crippen LogP contribution in [-0.2, 0) is 19.4 Å². The fraction of sp³-hybridized carbons (Fsp3) is 0.875. The van der Waals surface area contributed by atoms with Gasteiger partial charge < -0.3 is 13.3 Å². The van der Waals surface area contributed by atoms with Crippen molar-refractivity contribution in [2.45, 2.75) is 26.9 Å². The minimum absolute atomic E-state index is 0.440. The summed E-state index contributed by atoms with van der Waals surface area (Å²) in [6.45, 7) is 7.40. The molecular weight excluding hydrogens is 228 g/mol. The molecule has 0 aromatic carbocycles. The van der Waals surface area contributed by atoms with E-state index in [0.29, 0.717) is 26.0 Å². The molecule has 0 aliphatic carbocycles. The van der Waals surface area contributed by atoms with Gasteiger partial charge in [0.1, 0.15) is 12.5 Å². The van der Waals surface area contributed by atoms with E-state index in [1.54, 1.807) is 4.68 Å². The van der Waals surface area contributed by atoms with Crippen LogP contribution in [0.2, 0.25) is 0 Å². The van der Waals surface area contributed by atoms with Crippen LogP contribution in [0, 0.1) is 0 Å². The lowest BCUT2D eigenvalue weighted by molar-refractivity contribution is 0.0637. The zero-order chi connectivity index (χ0) is 11.9. The van der Waals surface area contributed by atoms with Crippen molar-refractivity contribution < 1.29 is 13.3 Å². The SMILES string of the molecule is CCO[Si](Cn1cnnn1)(OCC)OCC. The van der Waals surface area contributed by atoms with Crippen molar-refractivity contribution in [1.29, 1.82) is 0 Å². The number of aromatic nitrogens is 4. The lowest BCUT2D eigenvalue weighted by Crippen LogP contribution is -2.50. The van der Waals surface area contributed by atoms with E-state index < -0.39 is 8.80 Å². The third-order valence-electron chi connectivity index (χ3n) is 1.84. The van der Waals surface area contributed by atoms with E-state index in [0.717, 1.165) is 0 Å². The molecule has 0 aliphatic rings. The van der Waals surface area contributed by atoms with Crippen LogP contribution in [0.1, 0.15) is 20.8 Å². The average Bonchev–Trinajstić information content (AvgIpc) is 2.71. The minimum atomic E-state index is -2.68. The van der Waals surface area contributed by atoms with Crippen LogP contribution in [0.5, 0.6) is 0 Å². The molecule has 1 rings (SSSR count). The number of tetrazole rings is 1. The first kappa shape index (κ1) is 13.2. The Morgan fingerprint density at radius 1 is 1.06 bits per heavy atom. The molecule has 16 heavy (non-hydrogen) atoms. The molecule has 1 aromatic rings. The smallest absolute Gasteiger partial charge is 0.373 e. The lowest BCUT2D eigenvalue weighted by Gasteiger charge is -2.27. The predicted octanol–water partition coefficient (Wildman–Crippen LogP) is 0.261. The summed E-state index contributed by atoms with van der Waals surface area (Å²) in [5.41, 5.74) is 0. The zero-order valence-corrected chi connectivity index (χ0v) is 10.9. The molecule has 0 atom stereocenters. The molecule has 0 unspecified atom stereocenters. The van der Waals surface area contributed by atoms with Gasteiger partial charge in [-0.3, -0.25) is 0 Å². The molecule has 92 valence electrons. The van der Waals surface area contributed by atoms with E-state index in [9.17, 15) is 0 Å². The monoisotopic (exact) mass is 246 g/mol. The Hall–Kier alpha value is -0.833. The molecule has 1 aromatic heterocycles. The van der Waals surface area contributed by atoms with Crippen LogP contribution in [-0.4, -0.2) is 48.8 Å². The first-order chi connectivity index (χ1) is 7.76. The highest BCUT2D eigenvalue weighted by molar-refractivity contribution is 6.59. The molecular formula is C8H18N4O3Si. The predicted molar refractivity (Wildman–Crippen MR) is 58.4 cm³/mol. The molecule has 1 heterocycles. The average molecular weight is 246 g/mol.